The van der Waals surface area contributed by atoms with E-state index in [1.807, 2.05) is 33.8 Å². The third kappa shape index (κ3) is 3.52. The fraction of sp³-hybridized carbons (Fsp3) is 0.400. The number of rotatable bonds is 3. The van der Waals surface area contributed by atoms with Crippen LogP contribution in [0.15, 0.2) is 33.8 Å². The minimum absolute atomic E-state index is 0.211. The topological polar surface area (TPSA) is 64.0 Å². The summed E-state index contributed by atoms with van der Waals surface area (Å²) in [5.41, 5.74) is 1.68. The third-order valence-electron chi connectivity index (χ3n) is 3.21. The van der Waals surface area contributed by atoms with Crippen molar-refractivity contribution in [2.45, 2.75) is 38.0 Å². The Morgan fingerprint density at radius 2 is 1.91 bits per heavy atom. The van der Waals surface area contributed by atoms with Gasteiger partial charge in [0.2, 0.25) is 0 Å². The van der Waals surface area contributed by atoms with E-state index in [9.17, 15) is 8.42 Å². The molecule has 2 aromatic rings. The fourth-order valence-electron chi connectivity index (χ4n) is 2.10. The summed E-state index contributed by atoms with van der Waals surface area (Å²) in [5, 5.41) is 4.31. The molecule has 0 fully saturated rings. The maximum atomic E-state index is 12.7. The first kappa shape index (κ1) is 17.0. The average molecular weight is 386 g/mol. The molecule has 2 rings (SSSR count). The third-order valence-corrected chi connectivity index (χ3v) is 5.48. The van der Waals surface area contributed by atoms with Crippen molar-refractivity contribution < 1.29 is 8.42 Å². The van der Waals surface area contributed by atoms with E-state index in [1.165, 1.54) is 10.9 Å². The highest BCUT2D eigenvalue weighted by Crippen LogP contribution is 2.29. The summed E-state index contributed by atoms with van der Waals surface area (Å²) in [6.07, 6.45) is 1.54. The van der Waals surface area contributed by atoms with Gasteiger partial charge in [0.05, 0.1) is 5.69 Å². The summed E-state index contributed by atoms with van der Waals surface area (Å²) in [4.78, 5) is 0.211. The average Bonchev–Trinajstić information content (AvgIpc) is 2.76. The van der Waals surface area contributed by atoms with Gasteiger partial charge in [-0.05, 0) is 30.7 Å². The predicted molar refractivity (Wildman–Crippen MR) is 91.6 cm³/mol. The number of benzene rings is 1. The molecule has 1 heterocycles. The van der Waals surface area contributed by atoms with Gasteiger partial charge in [-0.3, -0.25) is 9.40 Å². The lowest BCUT2D eigenvalue weighted by Crippen LogP contribution is -2.20. The molecule has 0 amide bonds. The van der Waals surface area contributed by atoms with Crippen molar-refractivity contribution in [3.63, 3.8) is 0 Å². The molecule has 5 nitrogen and oxygen atoms in total. The van der Waals surface area contributed by atoms with Crippen LogP contribution in [-0.4, -0.2) is 18.2 Å². The summed E-state index contributed by atoms with van der Waals surface area (Å²) >= 11 is 3.40. The number of aromatic nitrogens is 2. The molecular formula is C15H20BrN3O2S. The predicted octanol–water partition coefficient (Wildman–Crippen LogP) is 3.59. The summed E-state index contributed by atoms with van der Waals surface area (Å²) in [7, 11) is -1.96. The first-order chi connectivity index (χ1) is 10.0. The number of aryl methyl sites for hydroxylation is 2. The zero-order valence-corrected chi connectivity index (χ0v) is 15.7. The van der Waals surface area contributed by atoms with Crippen LogP contribution in [0.1, 0.15) is 32.0 Å². The summed E-state index contributed by atoms with van der Waals surface area (Å²) in [6, 6.07) is 5.33. The quantitative estimate of drug-likeness (QED) is 0.877. The van der Waals surface area contributed by atoms with Gasteiger partial charge >= 0.3 is 0 Å². The molecule has 1 N–H and O–H groups in total. The normalized spacial score (nSPS) is 12.5. The van der Waals surface area contributed by atoms with Crippen molar-refractivity contribution in [3.8, 4) is 0 Å². The Balaban J connectivity index is 2.45. The molecule has 0 aliphatic rings. The second-order valence-electron chi connectivity index (χ2n) is 6.34. The summed E-state index contributed by atoms with van der Waals surface area (Å²) in [5.74, 6) is 0. The molecule has 1 aromatic carbocycles. The summed E-state index contributed by atoms with van der Waals surface area (Å²) in [6.45, 7) is 7.74. The maximum absolute atomic E-state index is 12.7. The van der Waals surface area contributed by atoms with Crippen LogP contribution < -0.4 is 4.72 Å². The SMILES string of the molecule is Cc1cc(NS(=O)(=O)c2cn(C)nc2C(C)(C)C)ccc1Br. The minimum atomic E-state index is -3.68. The van der Waals surface area contributed by atoms with Gasteiger partial charge in [0, 0.05) is 28.8 Å². The molecule has 120 valence electrons. The van der Waals surface area contributed by atoms with Crippen molar-refractivity contribution in [1.82, 2.24) is 9.78 Å². The van der Waals surface area contributed by atoms with Crippen LogP contribution in [0.5, 0.6) is 0 Å². The minimum Gasteiger partial charge on any atom is -0.280 e. The van der Waals surface area contributed by atoms with Crippen molar-refractivity contribution >= 4 is 31.6 Å². The molecule has 0 aliphatic heterocycles. The molecule has 0 bridgehead atoms. The van der Waals surface area contributed by atoms with Crippen molar-refractivity contribution in [1.29, 1.82) is 0 Å². The number of nitrogens with zero attached hydrogens (tertiary/aromatic N) is 2. The lowest BCUT2D eigenvalue weighted by Gasteiger charge is -2.18. The fourth-order valence-corrected chi connectivity index (χ4v) is 3.79. The lowest BCUT2D eigenvalue weighted by atomic mass is 9.92. The Morgan fingerprint density at radius 1 is 1.27 bits per heavy atom. The van der Waals surface area contributed by atoms with Crippen LogP contribution in [0.3, 0.4) is 0 Å². The molecule has 7 heteroatoms. The number of anilines is 1. The first-order valence-corrected chi connectivity index (χ1v) is 9.11. The van der Waals surface area contributed by atoms with Gasteiger partial charge in [0.1, 0.15) is 4.90 Å². The van der Waals surface area contributed by atoms with Crippen LogP contribution in [0.2, 0.25) is 0 Å². The van der Waals surface area contributed by atoms with E-state index in [-0.39, 0.29) is 10.3 Å². The van der Waals surface area contributed by atoms with Gasteiger partial charge in [-0.2, -0.15) is 5.10 Å². The number of hydrogen-bond donors (Lipinski definition) is 1. The molecule has 0 atom stereocenters. The Hall–Kier alpha value is -1.34. The van der Waals surface area contributed by atoms with E-state index in [4.69, 9.17) is 0 Å². The van der Waals surface area contributed by atoms with E-state index in [1.54, 1.807) is 19.2 Å². The van der Waals surface area contributed by atoms with Crippen LogP contribution in [-0.2, 0) is 22.5 Å². The van der Waals surface area contributed by atoms with Crippen LogP contribution in [0, 0.1) is 6.92 Å². The molecule has 0 spiro atoms. The Bertz CT molecular complexity index is 805. The van der Waals surface area contributed by atoms with E-state index in [2.05, 4.69) is 25.8 Å². The van der Waals surface area contributed by atoms with Gasteiger partial charge < -0.3 is 0 Å². The zero-order chi connectivity index (χ0) is 16.7. The molecule has 0 saturated carbocycles. The van der Waals surface area contributed by atoms with Gasteiger partial charge in [-0.1, -0.05) is 36.7 Å². The Kier molecular flexibility index (Phi) is 4.41. The number of hydrogen-bond acceptors (Lipinski definition) is 3. The molecule has 0 saturated heterocycles. The molecule has 0 aliphatic carbocycles. The zero-order valence-electron chi connectivity index (χ0n) is 13.3. The molecule has 1 aromatic heterocycles. The van der Waals surface area contributed by atoms with Crippen molar-refractivity contribution in [2.24, 2.45) is 7.05 Å². The largest absolute Gasteiger partial charge is 0.280 e. The smallest absolute Gasteiger partial charge is 0.265 e. The van der Waals surface area contributed by atoms with Gasteiger partial charge in [0.25, 0.3) is 10.0 Å². The van der Waals surface area contributed by atoms with Gasteiger partial charge in [0.15, 0.2) is 0 Å². The summed E-state index contributed by atoms with van der Waals surface area (Å²) < 4.78 is 30.5. The Morgan fingerprint density at radius 3 is 2.45 bits per heavy atom. The van der Waals surface area contributed by atoms with Crippen molar-refractivity contribution in [3.05, 3.63) is 40.1 Å². The van der Waals surface area contributed by atoms with Crippen LogP contribution >= 0.6 is 15.9 Å². The van der Waals surface area contributed by atoms with E-state index < -0.39 is 10.0 Å². The van der Waals surface area contributed by atoms with Gasteiger partial charge in [-0.25, -0.2) is 8.42 Å². The molecule has 0 unspecified atom stereocenters. The maximum Gasteiger partial charge on any atom is 0.265 e. The number of sulfonamides is 1. The van der Waals surface area contributed by atoms with Crippen molar-refractivity contribution in [2.75, 3.05) is 4.72 Å². The van der Waals surface area contributed by atoms with E-state index in [0.717, 1.165) is 10.0 Å². The second kappa shape index (κ2) is 5.70. The standard InChI is InChI=1S/C15H20BrN3O2S/c1-10-8-11(6-7-12(10)16)18-22(20,21)13-9-19(5)17-14(13)15(2,3)4/h6-9,18H,1-5H3. The second-order valence-corrected chi connectivity index (χ2v) is 8.84. The van der Waals surface area contributed by atoms with Gasteiger partial charge in [-0.15, -0.1) is 0 Å². The number of nitrogens with one attached hydrogen (secondary N) is 1. The molecule has 0 radical (unpaired) electrons. The van der Waals surface area contributed by atoms with E-state index >= 15 is 0 Å². The van der Waals surface area contributed by atoms with E-state index in [0.29, 0.717) is 11.4 Å². The number of halogens is 1. The molecule has 22 heavy (non-hydrogen) atoms. The highest BCUT2D eigenvalue weighted by molar-refractivity contribution is 9.10. The lowest BCUT2D eigenvalue weighted by molar-refractivity contribution is 0.539. The highest BCUT2D eigenvalue weighted by atomic mass is 79.9. The Labute approximate surface area is 139 Å². The highest BCUT2D eigenvalue weighted by Gasteiger charge is 2.29. The molecular weight excluding hydrogens is 366 g/mol. The van der Waals surface area contributed by atoms with Crippen LogP contribution in [0.25, 0.3) is 0 Å². The first-order valence-electron chi connectivity index (χ1n) is 6.84. The van der Waals surface area contributed by atoms with Crippen LogP contribution in [0.4, 0.5) is 5.69 Å². The monoisotopic (exact) mass is 385 g/mol.